The van der Waals surface area contributed by atoms with Crippen molar-refractivity contribution in [3.8, 4) is 0 Å². The van der Waals surface area contributed by atoms with Gasteiger partial charge < -0.3 is 4.57 Å². The molecular weight excluding hydrogens is 267 g/mol. The van der Waals surface area contributed by atoms with E-state index in [1.54, 1.807) is 0 Å². The second-order valence-electron chi connectivity index (χ2n) is 5.14. The van der Waals surface area contributed by atoms with E-state index in [2.05, 4.69) is 30.3 Å². The molecule has 2 aromatic rings. The number of hydrogen-bond donors (Lipinski definition) is 0. The third-order valence-electron chi connectivity index (χ3n) is 3.10. The molecule has 1 aromatic carbocycles. The van der Waals surface area contributed by atoms with Gasteiger partial charge in [-0.25, -0.2) is 4.98 Å². The third-order valence-corrected chi connectivity index (χ3v) is 3.57. The van der Waals surface area contributed by atoms with Crippen molar-refractivity contribution < 1.29 is 0 Å². The first-order chi connectivity index (χ1) is 8.52. The van der Waals surface area contributed by atoms with Crippen LogP contribution in [0.4, 0.5) is 0 Å². The normalized spacial score (nSPS) is 13.4. The van der Waals surface area contributed by atoms with Gasteiger partial charge in [-0.1, -0.05) is 25.4 Å². The summed E-state index contributed by atoms with van der Waals surface area (Å²) >= 11 is 12.1. The monoisotopic (exact) mass is 284 g/mol. The number of benzene rings is 1. The van der Waals surface area contributed by atoms with E-state index >= 15 is 0 Å². The summed E-state index contributed by atoms with van der Waals surface area (Å²) in [5.41, 5.74) is 2.04. The average molecular weight is 285 g/mol. The number of alkyl halides is 1. The van der Waals surface area contributed by atoms with E-state index in [0.29, 0.717) is 17.8 Å². The van der Waals surface area contributed by atoms with Gasteiger partial charge in [0.1, 0.15) is 5.82 Å². The zero-order chi connectivity index (χ0) is 13.3. The Morgan fingerprint density at radius 2 is 2.00 bits per heavy atom. The van der Waals surface area contributed by atoms with Crippen molar-refractivity contribution in [3.63, 3.8) is 0 Å². The second-order valence-corrected chi connectivity index (χ2v) is 5.85. The highest BCUT2D eigenvalue weighted by molar-refractivity contribution is 6.31. The Kier molecular flexibility index (Phi) is 4.18. The largest absolute Gasteiger partial charge is 0.324 e. The Balaban J connectivity index is 2.54. The summed E-state index contributed by atoms with van der Waals surface area (Å²) in [5, 5.41) is 0.738. The average Bonchev–Trinajstić information content (AvgIpc) is 2.65. The van der Waals surface area contributed by atoms with Crippen molar-refractivity contribution in [1.29, 1.82) is 0 Å². The molecule has 0 N–H and O–H groups in total. The summed E-state index contributed by atoms with van der Waals surface area (Å²) < 4.78 is 2.22. The lowest BCUT2D eigenvalue weighted by atomic mass is 10.0. The first kappa shape index (κ1) is 13.7. The molecule has 0 aliphatic rings. The van der Waals surface area contributed by atoms with Crippen LogP contribution in [0.25, 0.3) is 11.0 Å². The number of imidazole rings is 1. The van der Waals surface area contributed by atoms with Crippen LogP contribution in [0, 0.1) is 5.92 Å². The summed E-state index contributed by atoms with van der Waals surface area (Å²) in [6.07, 6.45) is 1.10. The van der Waals surface area contributed by atoms with Gasteiger partial charge in [0.15, 0.2) is 0 Å². The fraction of sp³-hybridized carbons (Fsp3) is 0.500. The number of rotatable bonds is 4. The predicted molar refractivity (Wildman–Crippen MR) is 78.5 cm³/mol. The molecule has 1 heterocycles. The van der Waals surface area contributed by atoms with Crippen LogP contribution in [0.2, 0.25) is 5.02 Å². The topological polar surface area (TPSA) is 17.8 Å². The van der Waals surface area contributed by atoms with Crippen LogP contribution < -0.4 is 0 Å². The van der Waals surface area contributed by atoms with Gasteiger partial charge in [-0.05, 0) is 37.5 Å². The molecule has 98 valence electrons. The standard InChI is InChI=1S/C14H18Cl2N2/c1-9(2)6-10(3)18-13-7-11(16)4-5-12(13)17-14(18)8-15/h4-5,7,9-10H,6,8H2,1-3H3. The third kappa shape index (κ3) is 2.65. The second kappa shape index (κ2) is 5.50. The fourth-order valence-corrected chi connectivity index (χ4v) is 2.84. The maximum absolute atomic E-state index is 6.08. The van der Waals surface area contributed by atoms with Crippen molar-refractivity contribution in [2.24, 2.45) is 5.92 Å². The number of aromatic nitrogens is 2. The minimum absolute atomic E-state index is 0.377. The Bertz CT molecular complexity index is 546. The highest BCUT2D eigenvalue weighted by atomic mass is 35.5. The van der Waals surface area contributed by atoms with Crippen molar-refractivity contribution in [1.82, 2.24) is 9.55 Å². The molecule has 0 aliphatic heterocycles. The van der Waals surface area contributed by atoms with Crippen LogP contribution in [0.3, 0.4) is 0 Å². The van der Waals surface area contributed by atoms with Gasteiger partial charge in [-0.15, -0.1) is 11.6 Å². The van der Waals surface area contributed by atoms with E-state index in [1.807, 2.05) is 18.2 Å². The predicted octanol–water partition coefficient (Wildman–Crippen LogP) is 5.04. The van der Waals surface area contributed by atoms with Crippen molar-refractivity contribution in [2.45, 2.75) is 39.1 Å². The van der Waals surface area contributed by atoms with Crippen LogP contribution in [-0.2, 0) is 5.88 Å². The smallest absolute Gasteiger partial charge is 0.125 e. The summed E-state index contributed by atoms with van der Waals surface area (Å²) in [5.74, 6) is 1.98. The number of halogens is 2. The molecule has 0 saturated heterocycles. The van der Waals surface area contributed by atoms with Crippen molar-refractivity contribution in [2.75, 3.05) is 0 Å². The highest BCUT2D eigenvalue weighted by Gasteiger charge is 2.16. The molecule has 1 aromatic heterocycles. The van der Waals surface area contributed by atoms with E-state index < -0.39 is 0 Å². The molecule has 0 radical (unpaired) electrons. The molecule has 0 aliphatic carbocycles. The van der Waals surface area contributed by atoms with Gasteiger partial charge in [0.05, 0.1) is 16.9 Å². The van der Waals surface area contributed by atoms with Crippen LogP contribution >= 0.6 is 23.2 Å². The van der Waals surface area contributed by atoms with Crippen molar-refractivity contribution in [3.05, 3.63) is 29.0 Å². The summed E-state index contributed by atoms with van der Waals surface area (Å²) in [6.45, 7) is 6.66. The van der Waals surface area contributed by atoms with Crippen LogP contribution in [0.5, 0.6) is 0 Å². The van der Waals surface area contributed by atoms with E-state index in [0.717, 1.165) is 28.3 Å². The lowest BCUT2D eigenvalue weighted by Crippen LogP contribution is -2.10. The van der Waals surface area contributed by atoms with Crippen molar-refractivity contribution >= 4 is 34.2 Å². The Morgan fingerprint density at radius 1 is 1.28 bits per heavy atom. The SMILES string of the molecule is CC(C)CC(C)n1c(CCl)nc2ccc(Cl)cc21. The summed E-state index contributed by atoms with van der Waals surface area (Å²) in [7, 11) is 0. The van der Waals surface area contributed by atoms with Gasteiger partial charge >= 0.3 is 0 Å². The van der Waals surface area contributed by atoms with Gasteiger partial charge in [-0.2, -0.15) is 0 Å². The maximum atomic E-state index is 6.08. The number of fused-ring (bicyclic) bond motifs is 1. The van der Waals surface area contributed by atoms with Crippen LogP contribution in [0.1, 0.15) is 39.1 Å². The molecule has 0 bridgehead atoms. The zero-order valence-electron chi connectivity index (χ0n) is 11.0. The highest BCUT2D eigenvalue weighted by Crippen LogP contribution is 2.28. The molecular formula is C14H18Cl2N2. The van der Waals surface area contributed by atoms with Crippen LogP contribution in [-0.4, -0.2) is 9.55 Å². The Morgan fingerprint density at radius 3 is 2.61 bits per heavy atom. The quantitative estimate of drug-likeness (QED) is 0.720. The molecule has 2 nitrogen and oxygen atoms in total. The molecule has 0 fully saturated rings. The molecule has 1 unspecified atom stereocenters. The van der Waals surface area contributed by atoms with Gasteiger partial charge in [-0.3, -0.25) is 0 Å². The fourth-order valence-electron chi connectivity index (χ4n) is 2.49. The van der Waals surface area contributed by atoms with Gasteiger partial charge in [0.2, 0.25) is 0 Å². The Labute approximate surface area is 118 Å². The minimum Gasteiger partial charge on any atom is -0.324 e. The number of nitrogens with zero attached hydrogens (tertiary/aromatic N) is 2. The van der Waals surface area contributed by atoms with Gasteiger partial charge in [0, 0.05) is 11.1 Å². The van der Waals surface area contributed by atoms with E-state index in [1.165, 1.54) is 0 Å². The minimum atomic E-state index is 0.377. The lowest BCUT2D eigenvalue weighted by molar-refractivity contribution is 0.428. The van der Waals surface area contributed by atoms with Crippen LogP contribution in [0.15, 0.2) is 18.2 Å². The molecule has 1 atom stereocenters. The summed E-state index contributed by atoms with van der Waals surface area (Å²) in [6, 6.07) is 6.16. The maximum Gasteiger partial charge on any atom is 0.125 e. The molecule has 18 heavy (non-hydrogen) atoms. The molecule has 0 saturated carbocycles. The first-order valence-electron chi connectivity index (χ1n) is 6.25. The molecule has 2 rings (SSSR count). The zero-order valence-corrected chi connectivity index (χ0v) is 12.5. The molecule has 0 amide bonds. The van der Waals surface area contributed by atoms with Gasteiger partial charge in [0.25, 0.3) is 0 Å². The number of hydrogen-bond acceptors (Lipinski definition) is 1. The molecule has 0 spiro atoms. The van der Waals surface area contributed by atoms with E-state index in [-0.39, 0.29) is 0 Å². The van der Waals surface area contributed by atoms with E-state index in [9.17, 15) is 0 Å². The summed E-state index contributed by atoms with van der Waals surface area (Å²) in [4.78, 5) is 4.57. The molecule has 4 heteroatoms. The first-order valence-corrected chi connectivity index (χ1v) is 7.16. The van der Waals surface area contributed by atoms with E-state index in [4.69, 9.17) is 23.2 Å². The lowest BCUT2D eigenvalue weighted by Gasteiger charge is -2.19. The Hall–Kier alpha value is -0.730.